The molecule has 0 radical (unpaired) electrons. The van der Waals surface area contributed by atoms with Crippen molar-refractivity contribution in [1.82, 2.24) is 10.2 Å². The van der Waals surface area contributed by atoms with Crippen LogP contribution in [0, 0.1) is 5.82 Å². The van der Waals surface area contributed by atoms with Gasteiger partial charge in [0.15, 0.2) is 6.61 Å². The van der Waals surface area contributed by atoms with E-state index in [1.165, 1.54) is 18.2 Å². The lowest BCUT2D eigenvalue weighted by atomic mass is 9.99. The van der Waals surface area contributed by atoms with Crippen LogP contribution in [0.15, 0.2) is 42.5 Å². The van der Waals surface area contributed by atoms with E-state index < -0.39 is 50.5 Å². The first-order valence-corrected chi connectivity index (χ1v) is 14.0. The Bertz CT molecular complexity index is 1170. The predicted molar refractivity (Wildman–Crippen MR) is 135 cm³/mol. The van der Waals surface area contributed by atoms with E-state index in [0.717, 1.165) is 12.8 Å². The van der Waals surface area contributed by atoms with Crippen molar-refractivity contribution in [2.24, 2.45) is 0 Å². The molecule has 3 N–H and O–H groups in total. The van der Waals surface area contributed by atoms with E-state index in [-0.39, 0.29) is 18.7 Å². The van der Waals surface area contributed by atoms with Gasteiger partial charge in [0.1, 0.15) is 5.82 Å². The molecule has 0 spiro atoms. The van der Waals surface area contributed by atoms with Gasteiger partial charge >= 0.3 is 13.6 Å². The average Bonchev–Trinajstić information content (AvgIpc) is 3.38. The number of benzene rings is 2. The van der Waals surface area contributed by atoms with Crippen LogP contribution in [-0.4, -0.2) is 64.4 Å². The highest BCUT2D eigenvalue weighted by molar-refractivity contribution is 7.51. The maximum atomic E-state index is 14.2. The Labute approximate surface area is 219 Å². The number of rotatable bonds is 11. The van der Waals surface area contributed by atoms with Gasteiger partial charge in [0.2, 0.25) is 5.91 Å². The highest BCUT2D eigenvalue weighted by Crippen LogP contribution is 2.34. The molecule has 0 unspecified atom stereocenters. The third-order valence-corrected chi connectivity index (χ3v) is 6.94. The van der Waals surface area contributed by atoms with Crippen molar-refractivity contribution in [2.45, 2.75) is 38.1 Å². The Morgan fingerprint density at radius 3 is 2.43 bits per heavy atom. The third kappa shape index (κ3) is 9.55. The number of esters is 1. The van der Waals surface area contributed by atoms with Crippen LogP contribution in [-0.2, 0) is 30.1 Å². The molecular weight excluding hydrogens is 526 g/mol. The number of hydrogen-bond acceptors (Lipinski definition) is 5. The minimum atomic E-state index is -4.37. The fourth-order valence-electron chi connectivity index (χ4n) is 4.01. The van der Waals surface area contributed by atoms with Crippen LogP contribution in [0.5, 0.6) is 0 Å². The number of carbonyl (C=O) groups excluding carboxylic acids is 3. The number of amides is 2. The maximum Gasteiger partial charge on any atom is 0.326 e. The predicted octanol–water partition coefficient (Wildman–Crippen LogP) is 3.30. The summed E-state index contributed by atoms with van der Waals surface area (Å²) in [6, 6.07) is 10.3. The molecule has 1 aliphatic heterocycles. The molecule has 2 amide bonds. The minimum absolute atomic E-state index is 0.190. The molecule has 1 fully saturated rings. The van der Waals surface area contributed by atoms with Crippen LogP contribution in [0.3, 0.4) is 0 Å². The fourth-order valence-corrected chi connectivity index (χ4v) is 4.67. The third-order valence-electron chi connectivity index (χ3n) is 5.90. The Morgan fingerprint density at radius 1 is 1.11 bits per heavy atom. The highest BCUT2D eigenvalue weighted by atomic mass is 35.5. The molecule has 3 rings (SSSR count). The van der Waals surface area contributed by atoms with Gasteiger partial charge in [-0.25, -0.2) is 4.39 Å². The number of nitrogens with zero attached hydrogens (tertiary/aromatic N) is 1. The van der Waals surface area contributed by atoms with Crippen molar-refractivity contribution in [1.29, 1.82) is 0 Å². The lowest BCUT2D eigenvalue weighted by molar-refractivity contribution is -0.152. The van der Waals surface area contributed by atoms with Crippen molar-refractivity contribution < 1.29 is 37.9 Å². The molecule has 0 bridgehead atoms. The second-order valence-electron chi connectivity index (χ2n) is 8.88. The molecule has 2 aromatic carbocycles. The summed E-state index contributed by atoms with van der Waals surface area (Å²) < 4.78 is 30.4. The first kappa shape index (κ1) is 28.8. The molecule has 0 saturated carbocycles. The summed E-state index contributed by atoms with van der Waals surface area (Å²) in [4.78, 5) is 56.6. The SMILES string of the molecule is O=C(CCP(=O)(O)O)N[C@@H](CC(=O)OCC(=O)N1CCCC1)Cc1ccc(-c2cc(Cl)ccc2F)cc1. The van der Waals surface area contributed by atoms with E-state index in [0.29, 0.717) is 34.8 Å². The van der Waals surface area contributed by atoms with E-state index in [2.05, 4.69) is 5.32 Å². The van der Waals surface area contributed by atoms with E-state index in [1.54, 1.807) is 29.2 Å². The molecule has 1 atom stereocenters. The molecule has 1 aliphatic rings. The van der Waals surface area contributed by atoms with Crippen LogP contribution in [0.25, 0.3) is 11.1 Å². The van der Waals surface area contributed by atoms with Gasteiger partial charge in [0.05, 0.1) is 12.6 Å². The molecule has 0 aliphatic carbocycles. The van der Waals surface area contributed by atoms with Gasteiger partial charge in [-0.2, -0.15) is 0 Å². The summed E-state index contributed by atoms with van der Waals surface area (Å²) in [6.45, 7) is 0.866. The molecule has 0 aromatic heterocycles. The molecule has 2 aromatic rings. The van der Waals surface area contributed by atoms with Gasteiger partial charge in [-0.1, -0.05) is 35.9 Å². The molecule has 37 heavy (non-hydrogen) atoms. The monoisotopic (exact) mass is 554 g/mol. The second-order valence-corrected chi connectivity index (χ2v) is 11.1. The zero-order valence-electron chi connectivity index (χ0n) is 20.1. The standard InChI is InChI=1S/C25H29ClFN2O7P/c26-19-7-8-22(27)21(14-19)18-5-3-17(4-6-18)13-20(28-23(30)9-12-37(33,34)35)15-25(32)36-16-24(31)29-10-1-2-11-29/h3-8,14,20H,1-2,9-13,15-16H2,(H,28,30)(H2,33,34,35)/t20-/m1/s1. The van der Waals surface area contributed by atoms with Crippen LogP contribution in [0.1, 0.15) is 31.2 Å². The lowest BCUT2D eigenvalue weighted by Crippen LogP contribution is -2.39. The molecule has 1 saturated heterocycles. The summed E-state index contributed by atoms with van der Waals surface area (Å²) in [5.41, 5.74) is 1.63. The largest absolute Gasteiger partial charge is 0.456 e. The number of carbonyl (C=O) groups is 3. The van der Waals surface area contributed by atoms with Gasteiger partial charge in [-0.3, -0.25) is 18.9 Å². The summed E-state index contributed by atoms with van der Waals surface area (Å²) in [7, 11) is -4.37. The lowest BCUT2D eigenvalue weighted by Gasteiger charge is -2.20. The Hall–Kier alpha value is -2.78. The zero-order chi connectivity index (χ0) is 27.0. The van der Waals surface area contributed by atoms with Crippen molar-refractivity contribution in [3.05, 3.63) is 58.9 Å². The van der Waals surface area contributed by atoms with Crippen LogP contribution >= 0.6 is 19.2 Å². The first-order chi connectivity index (χ1) is 17.5. The minimum Gasteiger partial charge on any atom is -0.456 e. The van der Waals surface area contributed by atoms with Crippen molar-refractivity contribution in [2.75, 3.05) is 25.9 Å². The topological polar surface area (TPSA) is 133 Å². The quantitative estimate of drug-likeness (QED) is 0.287. The van der Waals surface area contributed by atoms with Crippen LogP contribution in [0.2, 0.25) is 5.02 Å². The normalized spacial score (nSPS) is 14.3. The van der Waals surface area contributed by atoms with E-state index in [4.69, 9.17) is 26.1 Å². The first-order valence-electron chi connectivity index (χ1n) is 11.8. The van der Waals surface area contributed by atoms with Gasteiger partial charge in [-0.05, 0) is 48.6 Å². The van der Waals surface area contributed by atoms with Crippen molar-refractivity contribution >= 4 is 37.0 Å². The van der Waals surface area contributed by atoms with Crippen molar-refractivity contribution in [3.63, 3.8) is 0 Å². The summed E-state index contributed by atoms with van der Waals surface area (Å²) in [6.07, 6.45) is 0.710. The number of hydrogen-bond donors (Lipinski definition) is 3. The highest BCUT2D eigenvalue weighted by Gasteiger charge is 2.23. The second kappa shape index (κ2) is 13.1. The number of likely N-dealkylation sites (tertiary alicyclic amines) is 1. The number of halogens is 2. The number of ether oxygens (including phenoxy) is 1. The van der Waals surface area contributed by atoms with Gasteiger partial charge in [0, 0.05) is 36.1 Å². The summed E-state index contributed by atoms with van der Waals surface area (Å²) >= 11 is 5.98. The van der Waals surface area contributed by atoms with Gasteiger partial charge < -0.3 is 24.7 Å². The smallest absolute Gasteiger partial charge is 0.326 e. The van der Waals surface area contributed by atoms with Gasteiger partial charge in [0.25, 0.3) is 5.91 Å². The van der Waals surface area contributed by atoms with E-state index in [9.17, 15) is 23.3 Å². The Kier molecular flexibility index (Phi) is 10.2. The summed E-state index contributed by atoms with van der Waals surface area (Å²) in [5, 5.41) is 3.01. The van der Waals surface area contributed by atoms with Gasteiger partial charge in [-0.15, -0.1) is 0 Å². The molecular formula is C25H29ClFN2O7P. The van der Waals surface area contributed by atoms with Crippen LogP contribution in [0.4, 0.5) is 4.39 Å². The number of nitrogens with one attached hydrogen (secondary N) is 1. The molecule has 12 heteroatoms. The maximum absolute atomic E-state index is 14.2. The Morgan fingerprint density at radius 2 is 1.78 bits per heavy atom. The summed E-state index contributed by atoms with van der Waals surface area (Å²) in [5.74, 6) is -2.03. The average molecular weight is 555 g/mol. The fraction of sp³-hybridized carbons (Fsp3) is 0.400. The van der Waals surface area contributed by atoms with E-state index >= 15 is 0 Å². The zero-order valence-corrected chi connectivity index (χ0v) is 21.7. The van der Waals surface area contributed by atoms with Crippen molar-refractivity contribution in [3.8, 4) is 11.1 Å². The molecule has 9 nitrogen and oxygen atoms in total. The molecule has 1 heterocycles. The molecule has 200 valence electrons. The Balaban J connectivity index is 1.65. The van der Waals surface area contributed by atoms with Crippen LogP contribution < -0.4 is 5.32 Å². The van der Waals surface area contributed by atoms with E-state index in [1.807, 2.05) is 0 Å².